The number of hydrogen-bond donors (Lipinski definition) is 1. The van der Waals surface area contributed by atoms with Crippen LogP contribution in [0.3, 0.4) is 0 Å². The van der Waals surface area contributed by atoms with Gasteiger partial charge in [-0.15, -0.1) is 16.4 Å². The molecule has 0 aliphatic carbocycles. The van der Waals surface area contributed by atoms with Crippen molar-refractivity contribution in [3.63, 3.8) is 0 Å². The molecule has 2 aromatic heterocycles. The molecule has 22 heavy (non-hydrogen) atoms. The van der Waals surface area contributed by atoms with Crippen molar-refractivity contribution in [1.82, 2.24) is 9.78 Å². The minimum atomic E-state index is -0.107. The van der Waals surface area contributed by atoms with Crippen molar-refractivity contribution in [3.8, 4) is 5.88 Å². The predicted octanol–water partition coefficient (Wildman–Crippen LogP) is 3.67. The molecule has 0 bridgehead atoms. The highest BCUT2D eigenvalue weighted by atomic mass is 32.1. The van der Waals surface area contributed by atoms with Gasteiger partial charge in [-0.05, 0) is 43.5 Å². The second kappa shape index (κ2) is 5.81. The molecule has 0 spiro atoms. The van der Waals surface area contributed by atoms with E-state index >= 15 is 0 Å². The number of thiophene rings is 1. The molecule has 2 heterocycles. The third kappa shape index (κ3) is 2.82. The zero-order chi connectivity index (χ0) is 15.7. The lowest BCUT2D eigenvalue weighted by Gasteiger charge is -2.07. The molecule has 0 saturated heterocycles. The van der Waals surface area contributed by atoms with E-state index in [0.29, 0.717) is 10.8 Å². The predicted molar refractivity (Wildman–Crippen MR) is 88.8 cm³/mol. The Kier molecular flexibility index (Phi) is 3.85. The summed E-state index contributed by atoms with van der Waals surface area (Å²) in [6, 6.07) is 9.36. The highest BCUT2D eigenvalue weighted by Gasteiger charge is 2.13. The average molecular weight is 315 g/mol. The number of carbonyl (C=O) groups is 1. The number of rotatable bonds is 4. The Balaban J connectivity index is 1.93. The van der Waals surface area contributed by atoms with E-state index in [4.69, 9.17) is 4.74 Å². The van der Waals surface area contributed by atoms with Crippen molar-refractivity contribution in [3.05, 3.63) is 40.6 Å². The van der Waals surface area contributed by atoms with Crippen LogP contribution in [0, 0.1) is 0 Å². The SMILES string of the molecule is CC(C)Oc1nn(C)c2ccc(NC(=O)c3cccs3)cc12. The van der Waals surface area contributed by atoms with E-state index in [2.05, 4.69) is 10.4 Å². The van der Waals surface area contributed by atoms with Gasteiger partial charge in [-0.25, -0.2) is 0 Å². The highest BCUT2D eigenvalue weighted by Crippen LogP contribution is 2.28. The molecule has 0 radical (unpaired) electrons. The van der Waals surface area contributed by atoms with Crippen LogP contribution in [0.4, 0.5) is 5.69 Å². The molecule has 0 fully saturated rings. The fourth-order valence-electron chi connectivity index (χ4n) is 2.22. The third-order valence-electron chi connectivity index (χ3n) is 3.17. The number of carbonyl (C=O) groups excluding carboxylic acids is 1. The molecule has 0 unspecified atom stereocenters. The van der Waals surface area contributed by atoms with Crippen LogP contribution in [0.15, 0.2) is 35.7 Å². The molecule has 1 aromatic carbocycles. The summed E-state index contributed by atoms with van der Waals surface area (Å²) in [6.07, 6.45) is 0.0440. The minimum Gasteiger partial charge on any atom is -0.473 e. The summed E-state index contributed by atoms with van der Waals surface area (Å²) in [4.78, 5) is 12.8. The number of ether oxygens (including phenoxy) is 1. The first-order chi connectivity index (χ1) is 10.5. The highest BCUT2D eigenvalue weighted by molar-refractivity contribution is 7.12. The Morgan fingerprint density at radius 2 is 2.18 bits per heavy atom. The fraction of sp³-hybridized carbons (Fsp3) is 0.250. The number of nitrogens with zero attached hydrogens (tertiary/aromatic N) is 2. The monoisotopic (exact) mass is 315 g/mol. The van der Waals surface area contributed by atoms with E-state index in [0.717, 1.165) is 16.6 Å². The maximum Gasteiger partial charge on any atom is 0.265 e. The van der Waals surface area contributed by atoms with Gasteiger partial charge in [-0.1, -0.05) is 6.07 Å². The minimum absolute atomic E-state index is 0.0440. The topological polar surface area (TPSA) is 56.1 Å². The molecule has 114 valence electrons. The quantitative estimate of drug-likeness (QED) is 0.799. The lowest BCUT2D eigenvalue weighted by Crippen LogP contribution is -2.10. The van der Waals surface area contributed by atoms with Gasteiger partial charge in [0.05, 0.1) is 21.9 Å². The summed E-state index contributed by atoms with van der Waals surface area (Å²) in [5, 5.41) is 10.1. The van der Waals surface area contributed by atoms with Crippen LogP contribution in [0.2, 0.25) is 0 Å². The first-order valence-electron chi connectivity index (χ1n) is 7.03. The first kappa shape index (κ1) is 14.6. The molecular formula is C16H17N3O2S. The summed E-state index contributed by atoms with van der Waals surface area (Å²) >= 11 is 1.42. The summed E-state index contributed by atoms with van der Waals surface area (Å²) in [5.74, 6) is 0.476. The largest absolute Gasteiger partial charge is 0.473 e. The van der Waals surface area contributed by atoms with E-state index in [9.17, 15) is 4.79 Å². The van der Waals surface area contributed by atoms with Gasteiger partial charge in [0.15, 0.2) is 0 Å². The maximum absolute atomic E-state index is 12.1. The standard InChI is InChI=1S/C16H17N3O2S/c1-10(2)21-16-12-9-11(6-7-13(12)19(3)18-16)17-15(20)14-5-4-8-22-14/h4-10H,1-3H3,(H,17,20). The number of aromatic nitrogens is 2. The van der Waals surface area contributed by atoms with Crippen LogP contribution in [0.25, 0.3) is 10.9 Å². The molecular weight excluding hydrogens is 298 g/mol. The Hall–Kier alpha value is -2.34. The number of anilines is 1. The van der Waals surface area contributed by atoms with Gasteiger partial charge in [0.25, 0.3) is 5.91 Å². The Morgan fingerprint density at radius 1 is 1.36 bits per heavy atom. The van der Waals surface area contributed by atoms with Crippen molar-refractivity contribution < 1.29 is 9.53 Å². The zero-order valence-corrected chi connectivity index (χ0v) is 13.5. The number of amides is 1. The van der Waals surface area contributed by atoms with Crippen LogP contribution in [0.5, 0.6) is 5.88 Å². The lowest BCUT2D eigenvalue weighted by molar-refractivity contribution is 0.103. The van der Waals surface area contributed by atoms with E-state index in [1.165, 1.54) is 11.3 Å². The molecule has 1 amide bonds. The number of nitrogens with one attached hydrogen (secondary N) is 1. The number of aryl methyl sites for hydroxylation is 1. The van der Waals surface area contributed by atoms with Crippen LogP contribution in [-0.2, 0) is 7.05 Å². The van der Waals surface area contributed by atoms with Gasteiger partial charge in [0, 0.05) is 12.7 Å². The Labute approximate surface area is 132 Å². The van der Waals surface area contributed by atoms with E-state index < -0.39 is 0 Å². The van der Waals surface area contributed by atoms with Crippen LogP contribution >= 0.6 is 11.3 Å². The summed E-state index contributed by atoms with van der Waals surface area (Å²) < 4.78 is 7.51. The number of benzene rings is 1. The second-order valence-corrected chi connectivity index (χ2v) is 6.21. The molecule has 0 atom stereocenters. The van der Waals surface area contributed by atoms with Crippen molar-refractivity contribution in [2.75, 3.05) is 5.32 Å². The van der Waals surface area contributed by atoms with Crippen molar-refractivity contribution in [2.24, 2.45) is 7.05 Å². The van der Waals surface area contributed by atoms with E-state index in [-0.39, 0.29) is 12.0 Å². The van der Waals surface area contributed by atoms with Crippen LogP contribution in [0.1, 0.15) is 23.5 Å². The molecule has 0 saturated carbocycles. The number of hydrogen-bond acceptors (Lipinski definition) is 4. The van der Waals surface area contributed by atoms with Gasteiger partial charge in [0.2, 0.25) is 5.88 Å². The van der Waals surface area contributed by atoms with Crippen molar-refractivity contribution in [1.29, 1.82) is 0 Å². The summed E-state index contributed by atoms with van der Waals surface area (Å²) in [7, 11) is 1.87. The summed E-state index contributed by atoms with van der Waals surface area (Å²) in [5.41, 5.74) is 1.69. The van der Waals surface area contributed by atoms with Crippen molar-refractivity contribution >= 4 is 33.8 Å². The maximum atomic E-state index is 12.1. The summed E-state index contributed by atoms with van der Waals surface area (Å²) in [6.45, 7) is 3.92. The molecule has 5 nitrogen and oxygen atoms in total. The third-order valence-corrected chi connectivity index (χ3v) is 4.04. The Bertz CT molecular complexity index is 806. The lowest BCUT2D eigenvalue weighted by atomic mass is 10.2. The van der Waals surface area contributed by atoms with Crippen LogP contribution in [-0.4, -0.2) is 21.8 Å². The normalized spacial score (nSPS) is 11.1. The molecule has 1 N–H and O–H groups in total. The van der Waals surface area contributed by atoms with Gasteiger partial charge in [-0.3, -0.25) is 9.48 Å². The zero-order valence-electron chi connectivity index (χ0n) is 12.7. The first-order valence-corrected chi connectivity index (χ1v) is 7.91. The molecule has 0 aliphatic rings. The average Bonchev–Trinajstić information content (AvgIpc) is 3.08. The smallest absolute Gasteiger partial charge is 0.265 e. The Morgan fingerprint density at radius 3 is 2.86 bits per heavy atom. The molecule has 3 rings (SSSR count). The van der Waals surface area contributed by atoms with E-state index in [1.807, 2.05) is 50.5 Å². The number of fused-ring (bicyclic) bond motifs is 1. The van der Waals surface area contributed by atoms with Gasteiger partial charge < -0.3 is 10.1 Å². The van der Waals surface area contributed by atoms with Crippen molar-refractivity contribution in [2.45, 2.75) is 20.0 Å². The van der Waals surface area contributed by atoms with Gasteiger partial charge >= 0.3 is 0 Å². The van der Waals surface area contributed by atoms with Crippen LogP contribution < -0.4 is 10.1 Å². The fourth-order valence-corrected chi connectivity index (χ4v) is 2.84. The molecule has 3 aromatic rings. The van der Waals surface area contributed by atoms with Gasteiger partial charge in [0.1, 0.15) is 0 Å². The molecule has 0 aliphatic heterocycles. The molecule has 6 heteroatoms. The second-order valence-electron chi connectivity index (χ2n) is 5.26. The van der Waals surface area contributed by atoms with E-state index in [1.54, 1.807) is 10.7 Å². The van der Waals surface area contributed by atoms with Gasteiger partial charge in [-0.2, -0.15) is 0 Å².